The van der Waals surface area contributed by atoms with Gasteiger partial charge in [-0.05, 0) is 74.5 Å². The van der Waals surface area contributed by atoms with E-state index in [0.29, 0.717) is 0 Å². The smallest absolute Gasteiger partial charge is 0.118 e. The summed E-state index contributed by atoms with van der Waals surface area (Å²) in [4.78, 5) is 0. The highest BCUT2D eigenvalue weighted by Gasteiger charge is 2.18. The summed E-state index contributed by atoms with van der Waals surface area (Å²) in [7, 11) is 3.39. The average molecular weight is 390 g/mol. The van der Waals surface area contributed by atoms with Crippen molar-refractivity contribution in [3.05, 3.63) is 97.1 Å². The van der Waals surface area contributed by atoms with E-state index < -0.39 is 0 Å². The molecule has 0 fully saturated rings. The summed E-state index contributed by atoms with van der Waals surface area (Å²) in [5.74, 6) is 1.73. The van der Waals surface area contributed by atoms with Crippen LogP contribution in [-0.4, -0.2) is 14.2 Å². The minimum atomic E-state index is 0.863. The van der Waals surface area contributed by atoms with Crippen LogP contribution in [0.1, 0.15) is 0 Å². The summed E-state index contributed by atoms with van der Waals surface area (Å²) >= 11 is 0. The van der Waals surface area contributed by atoms with Crippen LogP contribution in [-0.2, 0) is 0 Å². The second-order valence-corrected chi connectivity index (χ2v) is 7.33. The van der Waals surface area contributed by atoms with Gasteiger partial charge >= 0.3 is 0 Å². The van der Waals surface area contributed by atoms with Crippen molar-refractivity contribution in [1.29, 1.82) is 0 Å². The summed E-state index contributed by atoms with van der Waals surface area (Å²) in [5, 5.41) is 2.52. The van der Waals surface area contributed by atoms with Crippen molar-refractivity contribution in [3.63, 3.8) is 0 Å². The Hall–Kier alpha value is -3.78. The Morgan fingerprint density at radius 1 is 0.500 bits per heavy atom. The number of rotatable bonds is 4. The highest BCUT2D eigenvalue weighted by Crippen LogP contribution is 2.45. The highest BCUT2D eigenvalue weighted by molar-refractivity contribution is 6.11. The average Bonchev–Trinajstić information content (AvgIpc) is 3.08. The Kier molecular flexibility index (Phi) is 4.61. The van der Waals surface area contributed by atoms with Crippen molar-refractivity contribution in [2.75, 3.05) is 14.2 Å². The van der Waals surface area contributed by atoms with Crippen LogP contribution in [0.2, 0.25) is 0 Å². The Bertz CT molecular complexity index is 1290. The van der Waals surface area contributed by atoms with Gasteiger partial charge in [0.2, 0.25) is 0 Å². The summed E-state index contributed by atoms with van der Waals surface area (Å²) < 4.78 is 10.7. The Balaban J connectivity index is 1.78. The third-order valence-corrected chi connectivity index (χ3v) is 5.69. The maximum absolute atomic E-state index is 5.35. The maximum Gasteiger partial charge on any atom is 0.118 e. The molecule has 0 saturated carbocycles. The highest BCUT2D eigenvalue weighted by atomic mass is 16.5. The predicted molar refractivity (Wildman–Crippen MR) is 125 cm³/mol. The van der Waals surface area contributed by atoms with Gasteiger partial charge in [-0.1, -0.05) is 66.7 Å². The molecule has 3 aromatic rings. The van der Waals surface area contributed by atoms with Crippen molar-refractivity contribution in [2.45, 2.75) is 0 Å². The van der Waals surface area contributed by atoms with Crippen LogP contribution in [0.25, 0.3) is 44.2 Å². The van der Waals surface area contributed by atoms with Gasteiger partial charge in [0, 0.05) is 0 Å². The molecule has 5 rings (SSSR count). The molecule has 2 heteroatoms. The van der Waals surface area contributed by atoms with E-state index in [1.807, 2.05) is 24.3 Å². The molecular weight excluding hydrogens is 368 g/mol. The van der Waals surface area contributed by atoms with Crippen molar-refractivity contribution >= 4 is 10.8 Å². The molecule has 0 heterocycles. The molecule has 0 N–H and O–H groups in total. The lowest BCUT2D eigenvalue weighted by Gasteiger charge is -2.10. The Morgan fingerprint density at radius 2 is 1.07 bits per heavy atom. The first kappa shape index (κ1) is 18.3. The molecule has 0 bridgehead atoms. The van der Waals surface area contributed by atoms with Gasteiger partial charge in [0.05, 0.1) is 14.2 Å². The molecular formula is C28H22O2. The molecule has 0 saturated heterocycles. The Labute approximate surface area is 176 Å². The molecule has 0 amide bonds. The van der Waals surface area contributed by atoms with E-state index in [0.717, 1.165) is 11.5 Å². The molecule has 30 heavy (non-hydrogen) atoms. The van der Waals surface area contributed by atoms with Crippen LogP contribution in [0.5, 0.6) is 11.5 Å². The molecule has 3 aromatic carbocycles. The number of hydrogen-bond donors (Lipinski definition) is 0. The van der Waals surface area contributed by atoms with Crippen LogP contribution in [0, 0.1) is 0 Å². The lowest BCUT2D eigenvalue weighted by Crippen LogP contribution is -1.85. The second kappa shape index (κ2) is 7.57. The number of ether oxygens (including phenoxy) is 2. The first-order valence-electron chi connectivity index (χ1n) is 10.0. The first-order chi connectivity index (χ1) is 14.8. The quantitative estimate of drug-likeness (QED) is 0.321. The fraction of sp³-hybridized carbons (Fsp3) is 0.0714. The van der Waals surface area contributed by atoms with E-state index in [-0.39, 0.29) is 0 Å². The summed E-state index contributed by atoms with van der Waals surface area (Å²) in [5.41, 5.74) is 7.29. The molecule has 0 radical (unpaired) electrons. The molecule has 0 unspecified atom stereocenters. The zero-order valence-electron chi connectivity index (χ0n) is 17.1. The van der Waals surface area contributed by atoms with Crippen molar-refractivity contribution < 1.29 is 9.47 Å². The molecule has 0 spiro atoms. The molecule has 2 nitrogen and oxygen atoms in total. The van der Waals surface area contributed by atoms with Crippen molar-refractivity contribution in [1.82, 2.24) is 0 Å². The molecule has 0 aromatic heterocycles. The SMILES string of the molecule is COc1ccc(-c2cccc(-c3ccc(OC)cc3)c3c4ccccc4cc2-3)cc1. The number of hydrogen-bond acceptors (Lipinski definition) is 2. The number of fused-ring (bicyclic) bond motifs is 3. The monoisotopic (exact) mass is 390 g/mol. The number of benzene rings is 3. The third-order valence-electron chi connectivity index (χ3n) is 5.69. The lowest BCUT2D eigenvalue weighted by molar-refractivity contribution is 0.415. The van der Waals surface area contributed by atoms with Crippen molar-refractivity contribution in [3.8, 4) is 44.9 Å². The van der Waals surface area contributed by atoms with Gasteiger partial charge in [0.1, 0.15) is 11.5 Å². The van der Waals surface area contributed by atoms with Crippen LogP contribution in [0.4, 0.5) is 0 Å². The maximum atomic E-state index is 5.35. The van der Waals surface area contributed by atoms with E-state index in [2.05, 4.69) is 72.8 Å². The van der Waals surface area contributed by atoms with Gasteiger partial charge in [-0.15, -0.1) is 0 Å². The van der Waals surface area contributed by atoms with Gasteiger partial charge < -0.3 is 9.47 Å². The molecule has 2 aliphatic carbocycles. The predicted octanol–water partition coefficient (Wildman–Crippen LogP) is 7.30. The zero-order chi connectivity index (χ0) is 20.5. The van der Waals surface area contributed by atoms with Gasteiger partial charge in [-0.25, -0.2) is 0 Å². The van der Waals surface area contributed by atoms with Gasteiger partial charge in [-0.2, -0.15) is 0 Å². The first-order valence-corrected chi connectivity index (χ1v) is 10.0. The van der Waals surface area contributed by atoms with Crippen LogP contribution >= 0.6 is 0 Å². The lowest BCUT2D eigenvalue weighted by atomic mass is 9.94. The second-order valence-electron chi connectivity index (χ2n) is 7.33. The van der Waals surface area contributed by atoms with Crippen LogP contribution in [0.15, 0.2) is 97.1 Å². The van der Waals surface area contributed by atoms with Crippen LogP contribution < -0.4 is 9.47 Å². The van der Waals surface area contributed by atoms with E-state index >= 15 is 0 Å². The largest absolute Gasteiger partial charge is 0.497 e. The fourth-order valence-corrected chi connectivity index (χ4v) is 4.17. The van der Waals surface area contributed by atoms with E-state index in [1.54, 1.807) is 14.2 Å². The minimum Gasteiger partial charge on any atom is -0.497 e. The van der Waals surface area contributed by atoms with Crippen LogP contribution in [0.3, 0.4) is 0 Å². The fourth-order valence-electron chi connectivity index (χ4n) is 4.17. The number of methoxy groups -OCH3 is 2. The summed E-state index contributed by atoms with van der Waals surface area (Å²) in [6, 6.07) is 34.0. The molecule has 146 valence electrons. The topological polar surface area (TPSA) is 18.5 Å². The van der Waals surface area contributed by atoms with Crippen molar-refractivity contribution in [2.24, 2.45) is 0 Å². The van der Waals surface area contributed by atoms with E-state index in [1.165, 1.54) is 44.2 Å². The summed E-state index contributed by atoms with van der Waals surface area (Å²) in [6.45, 7) is 0. The minimum absolute atomic E-state index is 0.863. The Morgan fingerprint density at radius 3 is 1.70 bits per heavy atom. The third kappa shape index (κ3) is 3.07. The van der Waals surface area contributed by atoms with E-state index in [4.69, 9.17) is 9.47 Å². The van der Waals surface area contributed by atoms with Gasteiger partial charge in [-0.3, -0.25) is 0 Å². The normalized spacial score (nSPS) is 11.0. The van der Waals surface area contributed by atoms with E-state index in [9.17, 15) is 0 Å². The molecule has 0 aliphatic heterocycles. The summed E-state index contributed by atoms with van der Waals surface area (Å²) in [6.07, 6.45) is 0. The van der Waals surface area contributed by atoms with Gasteiger partial charge in [0.15, 0.2) is 0 Å². The van der Waals surface area contributed by atoms with Gasteiger partial charge in [0.25, 0.3) is 0 Å². The zero-order valence-corrected chi connectivity index (χ0v) is 17.1. The molecule has 0 atom stereocenters. The molecule has 2 aliphatic rings. The standard InChI is InChI=1S/C28H22O2/c1-29-22-14-10-19(11-15-22)24-8-5-9-25(20-12-16-23(30-2)17-13-20)28-26-7-4-3-6-21(26)18-27(24)28/h3-18H,1-2H3.